The number of rotatable bonds is 7. The van der Waals surface area contributed by atoms with E-state index in [4.69, 9.17) is 14.2 Å². The van der Waals surface area contributed by atoms with Crippen LogP contribution in [0.3, 0.4) is 0 Å². The number of fused-ring (bicyclic) bond motifs is 5. The van der Waals surface area contributed by atoms with E-state index in [-0.39, 0.29) is 25.2 Å². The molecule has 1 aliphatic heterocycles. The SMILES string of the molecule is CC(=O)O[C@@]12CO[C@@H]1C[C@H](O)[C@@]1(C)C(=O)[C@H](C)C3=C(C)[C@@H](OC(=O)[C@H](O)[C@@H](NC(=O)c4ccccc4)c4ccccc4)C[C@@](O)([C@@H](C)[C@H]21)C3(C)C. The van der Waals surface area contributed by atoms with Crippen LogP contribution in [0.2, 0.25) is 0 Å². The number of benzene rings is 2. The molecule has 2 aromatic rings. The molecule has 11 heteroatoms. The predicted octanol–water partition coefficient (Wildman–Crippen LogP) is 3.85. The highest BCUT2D eigenvalue weighted by molar-refractivity contribution is 5.95. The maximum absolute atomic E-state index is 14.8. The van der Waals surface area contributed by atoms with Crippen LogP contribution in [0.4, 0.5) is 0 Å². The Morgan fingerprint density at radius 1 is 1.00 bits per heavy atom. The first-order valence-electron chi connectivity index (χ1n) is 17.7. The molecule has 0 unspecified atom stereocenters. The molecule has 51 heavy (non-hydrogen) atoms. The minimum Gasteiger partial charge on any atom is -0.456 e. The van der Waals surface area contributed by atoms with E-state index in [2.05, 4.69) is 5.32 Å². The van der Waals surface area contributed by atoms with Gasteiger partial charge in [0.2, 0.25) is 0 Å². The first-order chi connectivity index (χ1) is 23.9. The van der Waals surface area contributed by atoms with E-state index >= 15 is 0 Å². The highest BCUT2D eigenvalue weighted by Crippen LogP contribution is 2.66. The number of carbonyl (C=O) groups excluding carboxylic acids is 4. The summed E-state index contributed by atoms with van der Waals surface area (Å²) in [6.45, 7) is 12.0. The van der Waals surface area contributed by atoms with Crippen LogP contribution in [-0.4, -0.2) is 81.2 Å². The van der Waals surface area contributed by atoms with Crippen molar-refractivity contribution in [2.24, 2.45) is 28.6 Å². The lowest BCUT2D eigenvalue weighted by molar-refractivity contribution is -0.338. The fourth-order valence-electron chi connectivity index (χ4n) is 10.2. The first-order valence-corrected chi connectivity index (χ1v) is 17.7. The second kappa shape index (κ2) is 12.9. The minimum absolute atomic E-state index is 0.00857. The molecule has 3 fully saturated rings. The molecule has 1 saturated heterocycles. The Morgan fingerprint density at radius 2 is 1.61 bits per heavy atom. The lowest BCUT2D eigenvalue weighted by atomic mass is 9.42. The number of amides is 1. The van der Waals surface area contributed by atoms with E-state index in [1.807, 2.05) is 13.8 Å². The van der Waals surface area contributed by atoms with E-state index in [1.54, 1.807) is 88.4 Å². The van der Waals surface area contributed by atoms with E-state index in [1.165, 1.54) is 6.92 Å². The van der Waals surface area contributed by atoms with Gasteiger partial charge in [0.25, 0.3) is 5.91 Å². The molecular formula is C40H49NO10. The third kappa shape index (κ3) is 5.55. The first kappa shape index (κ1) is 36.9. The second-order valence-corrected chi connectivity index (χ2v) is 15.7. The summed E-state index contributed by atoms with van der Waals surface area (Å²) in [5.74, 6) is -4.82. The Labute approximate surface area is 298 Å². The number of hydrogen-bond donors (Lipinski definition) is 4. The van der Waals surface area contributed by atoms with Gasteiger partial charge in [0.05, 0.1) is 29.8 Å². The summed E-state index contributed by atoms with van der Waals surface area (Å²) in [6.07, 6.45) is -4.71. The topological polar surface area (TPSA) is 169 Å². The average Bonchev–Trinajstić information content (AvgIpc) is 3.09. The van der Waals surface area contributed by atoms with Crippen LogP contribution in [0.5, 0.6) is 0 Å². The van der Waals surface area contributed by atoms with Crippen molar-refractivity contribution < 1.29 is 48.7 Å². The predicted molar refractivity (Wildman–Crippen MR) is 185 cm³/mol. The van der Waals surface area contributed by atoms with Gasteiger partial charge >= 0.3 is 11.9 Å². The fourth-order valence-corrected chi connectivity index (χ4v) is 10.2. The largest absolute Gasteiger partial charge is 0.456 e. The molecule has 1 heterocycles. The number of hydrogen-bond acceptors (Lipinski definition) is 10. The molecule has 4 aliphatic rings. The molecule has 274 valence electrons. The average molecular weight is 704 g/mol. The van der Waals surface area contributed by atoms with Crippen molar-refractivity contribution in [3.8, 4) is 0 Å². The summed E-state index contributed by atoms with van der Waals surface area (Å²) in [5.41, 5.74) is -3.41. The molecule has 3 aliphatic carbocycles. The Morgan fingerprint density at radius 3 is 2.18 bits per heavy atom. The van der Waals surface area contributed by atoms with Gasteiger partial charge < -0.3 is 34.8 Å². The minimum atomic E-state index is -1.83. The normalized spacial score (nSPS) is 36.5. The van der Waals surface area contributed by atoms with Gasteiger partial charge in [-0.25, -0.2) is 4.79 Å². The Hall–Kier alpha value is -3.90. The molecule has 4 N–H and O–H groups in total. The third-order valence-electron chi connectivity index (χ3n) is 12.8. The number of esters is 2. The Kier molecular flexibility index (Phi) is 9.36. The second-order valence-electron chi connectivity index (χ2n) is 15.7. The number of aliphatic hydroxyl groups is 3. The molecule has 2 saturated carbocycles. The van der Waals surface area contributed by atoms with Crippen molar-refractivity contribution in [3.05, 3.63) is 82.9 Å². The number of ketones is 1. The highest BCUT2D eigenvalue weighted by Gasteiger charge is 2.75. The van der Waals surface area contributed by atoms with Crippen molar-refractivity contribution in [2.75, 3.05) is 6.61 Å². The van der Waals surface area contributed by atoms with Gasteiger partial charge in [-0.3, -0.25) is 14.4 Å². The molecule has 6 rings (SSSR count). The Bertz CT molecular complexity index is 1740. The monoisotopic (exact) mass is 703 g/mol. The fraction of sp³-hybridized carbons (Fsp3) is 0.550. The maximum atomic E-state index is 14.8. The van der Waals surface area contributed by atoms with Crippen molar-refractivity contribution in [1.29, 1.82) is 0 Å². The summed E-state index contributed by atoms with van der Waals surface area (Å²) in [5, 5.41) is 39.1. The maximum Gasteiger partial charge on any atom is 0.338 e. The van der Waals surface area contributed by atoms with Crippen LogP contribution in [0, 0.1) is 28.6 Å². The summed E-state index contributed by atoms with van der Waals surface area (Å²) in [6, 6.07) is 15.9. The zero-order chi connectivity index (χ0) is 37.3. The molecule has 11 nitrogen and oxygen atoms in total. The van der Waals surface area contributed by atoms with E-state index in [0.717, 1.165) is 0 Å². The standard InChI is InChI=1S/C40H49NO10/c1-21-27(50-36(47)32(44)31(25-14-10-8-11-15-25)41-35(46)26-16-12-9-13-17-26)19-40(48)23(3)33-38(7,34(45)22(2)30(21)37(40,5)6)28(43)18-29-39(33,20-49-29)51-24(4)42/h8-17,22-23,27-29,31-33,43-44,48H,18-20H2,1-7H3,(H,41,46)/t22-,23+,27+,28+,29-,31+,32-,33+,38-,39+,40-/m1/s1. The molecule has 0 radical (unpaired) electrons. The number of carbonyl (C=O) groups is 4. The molecule has 0 aromatic heterocycles. The van der Waals surface area contributed by atoms with Crippen LogP contribution < -0.4 is 5.32 Å². The summed E-state index contributed by atoms with van der Waals surface area (Å²) in [4.78, 5) is 54.6. The van der Waals surface area contributed by atoms with Gasteiger partial charge in [-0.1, -0.05) is 76.2 Å². The van der Waals surface area contributed by atoms with Crippen LogP contribution in [0.25, 0.3) is 0 Å². The van der Waals surface area contributed by atoms with Gasteiger partial charge in [0, 0.05) is 42.6 Å². The molecule has 2 bridgehead atoms. The van der Waals surface area contributed by atoms with E-state index in [9.17, 15) is 34.5 Å². The summed E-state index contributed by atoms with van der Waals surface area (Å²) < 4.78 is 18.0. The van der Waals surface area contributed by atoms with Crippen molar-refractivity contribution >= 4 is 23.6 Å². The van der Waals surface area contributed by atoms with Gasteiger partial charge in [-0.2, -0.15) is 0 Å². The number of ether oxygens (including phenoxy) is 3. The van der Waals surface area contributed by atoms with Crippen LogP contribution in [0.15, 0.2) is 71.8 Å². The molecule has 1 amide bonds. The van der Waals surface area contributed by atoms with Gasteiger partial charge in [0.15, 0.2) is 11.7 Å². The summed E-state index contributed by atoms with van der Waals surface area (Å²) in [7, 11) is 0. The molecular weight excluding hydrogens is 654 g/mol. The van der Waals surface area contributed by atoms with E-state index < -0.39 is 88.1 Å². The van der Waals surface area contributed by atoms with Gasteiger partial charge in [0.1, 0.15) is 18.0 Å². The number of Topliss-reactive ketones (excluding diaryl/α,β-unsaturated/α-hetero) is 1. The number of nitrogens with one attached hydrogen (secondary N) is 1. The molecule has 0 spiro atoms. The summed E-state index contributed by atoms with van der Waals surface area (Å²) >= 11 is 0. The van der Waals surface area contributed by atoms with Crippen molar-refractivity contribution in [3.63, 3.8) is 0 Å². The lowest BCUT2D eigenvalue weighted by Gasteiger charge is -2.68. The zero-order valence-electron chi connectivity index (χ0n) is 30.2. The van der Waals surface area contributed by atoms with Crippen LogP contribution in [0.1, 0.15) is 83.3 Å². The Balaban J connectivity index is 1.39. The van der Waals surface area contributed by atoms with Gasteiger partial charge in [-0.15, -0.1) is 0 Å². The molecule has 11 atom stereocenters. The highest BCUT2D eigenvalue weighted by atomic mass is 16.6. The van der Waals surface area contributed by atoms with Crippen LogP contribution in [-0.2, 0) is 28.6 Å². The van der Waals surface area contributed by atoms with Gasteiger partial charge in [-0.05, 0) is 48.6 Å². The van der Waals surface area contributed by atoms with Crippen LogP contribution >= 0.6 is 0 Å². The molecule has 2 aromatic carbocycles. The van der Waals surface area contributed by atoms with Crippen molar-refractivity contribution in [1.82, 2.24) is 5.32 Å². The number of aliphatic hydroxyl groups excluding tert-OH is 2. The van der Waals surface area contributed by atoms with Crippen molar-refractivity contribution in [2.45, 2.75) is 103 Å². The lowest BCUT2D eigenvalue weighted by Crippen LogP contribution is -2.79. The third-order valence-corrected chi connectivity index (χ3v) is 12.8. The van der Waals surface area contributed by atoms with E-state index in [0.29, 0.717) is 22.3 Å². The smallest absolute Gasteiger partial charge is 0.338 e. The quantitative estimate of drug-likeness (QED) is 0.246. The zero-order valence-corrected chi connectivity index (χ0v) is 30.2.